The molecule has 3 nitrogen and oxygen atoms in total. The second kappa shape index (κ2) is 6.22. The molecule has 0 aliphatic carbocycles. The number of nitrogens with zero attached hydrogens (tertiary/aromatic N) is 2. The van der Waals surface area contributed by atoms with Gasteiger partial charge in [0.25, 0.3) is 5.56 Å². The zero-order chi connectivity index (χ0) is 17.4. The molecule has 0 saturated carbocycles. The van der Waals surface area contributed by atoms with Crippen molar-refractivity contribution < 1.29 is 8.78 Å². The third-order valence-corrected chi connectivity index (χ3v) is 4.94. The van der Waals surface area contributed by atoms with Gasteiger partial charge in [0.05, 0.1) is 18.4 Å². The predicted molar refractivity (Wildman–Crippen MR) is 94.8 cm³/mol. The van der Waals surface area contributed by atoms with Crippen molar-refractivity contribution in [3.05, 3.63) is 87.8 Å². The summed E-state index contributed by atoms with van der Waals surface area (Å²) in [6, 6.07) is 12.5. The van der Waals surface area contributed by atoms with E-state index in [0.29, 0.717) is 21.3 Å². The van der Waals surface area contributed by atoms with Crippen LogP contribution in [0.4, 0.5) is 8.78 Å². The van der Waals surface area contributed by atoms with Crippen molar-refractivity contribution in [2.45, 2.75) is 6.54 Å². The van der Waals surface area contributed by atoms with Crippen LogP contribution in [0.1, 0.15) is 5.56 Å². The summed E-state index contributed by atoms with van der Waals surface area (Å²) in [6.07, 6.45) is 1.41. The van der Waals surface area contributed by atoms with E-state index in [-0.39, 0.29) is 23.7 Å². The average molecular weight is 354 g/mol. The summed E-state index contributed by atoms with van der Waals surface area (Å²) in [6.45, 7) is 0.113. The lowest BCUT2D eigenvalue weighted by atomic mass is 10.1. The lowest BCUT2D eigenvalue weighted by Crippen LogP contribution is -2.20. The zero-order valence-corrected chi connectivity index (χ0v) is 13.8. The molecule has 0 fully saturated rings. The van der Waals surface area contributed by atoms with Crippen LogP contribution < -0.4 is 5.56 Å². The predicted octanol–water partition coefficient (Wildman–Crippen LogP) is 4.45. The monoisotopic (exact) mass is 354 g/mol. The Labute approximate surface area is 145 Å². The van der Waals surface area contributed by atoms with Crippen LogP contribution in [0.15, 0.2) is 65.0 Å². The summed E-state index contributed by atoms with van der Waals surface area (Å²) < 4.78 is 29.1. The molecule has 4 aromatic rings. The fraction of sp³-hybridized carbons (Fsp3) is 0.0526. The van der Waals surface area contributed by atoms with E-state index in [4.69, 9.17) is 0 Å². The van der Waals surface area contributed by atoms with Gasteiger partial charge in [-0.3, -0.25) is 9.36 Å². The van der Waals surface area contributed by atoms with E-state index < -0.39 is 0 Å². The van der Waals surface area contributed by atoms with E-state index in [1.165, 1.54) is 40.4 Å². The van der Waals surface area contributed by atoms with Gasteiger partial charge in [0.2, 0.25) is 0 Å². The highest BCUT2D eigenvalue weighted by Crippen LogP contribution is 2.31. The maximum absolute atomic E-state index is 13.8. The van der Waals surface area contributed by atoms with Crippen molar-refractivity contribution in [3.8, 4) is 11.1 Å². The third kappa shape index (κ3) is 2.85. The molecule has 2 aromatic heterocycles. The van der Waals surface area contributed by atoms with Gasteiger partial charge in [-0.15, -0.1) is 11.3 Å². The first-order valence-corrected chi connectivity index (χ1v) is 8.47. The smallest absolute Gasteiger partial charge is 0.271 e. The Hall–Kier alpha value is -2.86. The van der Waals surface area contributed by atoms with Crippen LogP contribution in [0, 0.1) is 11.6 Å². The van der Waals surface area contributed by atoms with E-state index in [1.807, 2.05) is 0 Å². The largest absolute Gasteiger partial charge is 0.293 e. The van der Waals surface area contributed by atoms with Crippen LogP contribution in [0.2, 0.25) is 0 Å². The van der Waals surface area contributed by atoms with Gasteiger partial charge in [-0.25, -0.2) is 13.8 Å². The number of aromatic nitrogens is 2. The summed E-state index contributed by atoms with van der Waals surface area (Å²) in [4.78, 5) is 17.1. The SMILES string of the molecule is O=c1c2scc(-c3cccc(F)c3)c2ncn1Cc1ccccc1F. The minimum absolute atomic E-state index is 0.113. The van der Waals surface area contributed by atoms with Gasteiger partial charge in [-0.05, 0) is 23.8 Å². The Morgan fingerprint density at radius 3 is 2.72 bits per heavy atom. The van der Waals surface area contributed by atoms with Crippen LogP contribution in [-0.2, 0) is 6.54 Å². The Kier molecular flexibility index (Phi) is 3.89. The number of hydrogen-bond donors (Lipinski definition) is 0. The highest BCUT2D eigenvalue weighted by molar-refractivity contribution is 7.17. The van der Waals surface area contributed by atoms with Gasteiger partial charge in [0, 0.05) is 16.5 Å². The van der Waals surface area contributed by atoms with Crippen molar-refractivity contribution in [2.24, 2.45) is 0 Å². The first-order chi connectivity index (χ1) is 12.1. The third-order valence-electron chi connectivity index (χ3n) is 3.98. The van der Waals surface area contributed by atoms with Crippen molar-refractivity contribution >= 4 is 21.6 Å². The topological polar surface area (TPSA) is 34.9 Å². The van der Waals surface area contributed by atoms with Crippen molar-refractivity contribution in [1.29, 1.82) is 0 Å². The summed E-state index contributed by atoms with van der Waals surface area (Å²) in [5.41, 5.74) is 2.11. The molecule has 0 aliphatic heterocycles. The van der Waals surface area contributed by atoms with Crippen LogP contribution in [0.5, 0.6) is 0 Å². The minimum Gasteiger partial charge on any atom is -0.293 e. The molecule has 0 unspecified atom stereocenters. The molecule has 2 aromatic carbocycles. The Balaban J connectivity index is 1.80. The second-order valence-corrected chi connectivity index (χ2v) is 6.49. The maximum Gasteiger partial charge on any atom is 0.271 e. The van der Waals surface area contributed by atoms with Crippen molar-refractivity contribution in [1.82, 2.24) is 9.55 Å². The molecule has 25 heavy (non-hydrogen) atoms. The molecule has 4 rings (SSSR count). The van der Waals surface area contributed by atoms with Crippen molar-refractivity contribution in [2.75, 3.05) is 0 Å². The lowest BCUT2D eigenvalue weighted by molar-refractivity contribution is 0.595. The van der Waals surface area contributed by atoms with Crippen LogP contribution in [0.25, 0.3) is 21.3 Å². The van der Waals surface area contributed by atoms with Gasteiger partial charge in [-0.2, -0.15) is 0 Å². The van der Waals surface area contributed by atoms with Gasteiger partial charge in [0.1, 0.15) is 16.3 Å². The molecule has 6 heteroatoms. The molecule has 0 saturated heterocycles. The number of benzene rings is 2. The first kappa shape index (κ1) is 15.7. The normalized spacial score (nSPS) is 11.1. The molecule has 0 spiro atoms. The molecule has 0 bridgehead atoms. The summed E-state index contributed by atoms with van der Waals surface area (Å²) in [5, 5.41) is 1.79. The fourth-order valence-corrected chi connectivity index (χ4v) is 3.70. The number of rotatable bonds is 3. The van der Waals surface area contributed by atoms with E-state index in [0.717, 1.165) is 5.56 Å². The number of halogens is 2. The Morgan fingerprint density at radius 2 is 1.92 bits per heavy atom. The molecule has 0 N–H and O–H groups in total. The van der Waals surface area contributed by atoms with Gasteiger partial charge in [-0.1, -0.05) is 30.3 Å². The second-order valence-electron chi connectivity index (χ2n) is 5.61. The number of thiophene rings is 1. The molecule has 0 radical (unpaired) electrons. The van der Waals surface area contributed by atoms with Crippen molar-refractivity contribution in [3.63, 3.8) is 0 Å². The minimum atomic E-state index is -0.360. The van der Waals surface area contributed by atoms with E-state index in [2.05, 4.69) is 4.98 Å². The molecule has 0 aliphatic rings. The molecule has 0 amide bonds. The quantitative estimate of drug-likeness (QED) is 0.545. The Bertz CT molecular complexity index is 1130. The number of hydrogen-bond acceptors (Lipinski definition) is 3. The van der Waals surface area contributed by atoms with Gasteiger partial charge >= 0.3 is 0 Å². The first-order valence-electron chi connectivity index (χ1n) is 7.59. The highest BCUT2D eigenvalue weighted by Gasteiger charge is 2.13. The highest BCUT2D eigenvalue weighted by atomic mass is 32.1. The van der Waals surface area contributed by atoms with Crippen LogP contribution in [-0.4, -0.2) is 9.55 Å². The van der Waals surface area contributed by atoms with E-state index in [1.54, 1.807) is 35.7 Å². The maximum atomic E-state index is 13.8. The lowest BCUT2D eigenvalue weighted by Gasteiger charge is -2.07. The summed E-state index contributed by atoms with van der Waals surface area (Å²) in [5.74, 6) is -0.703. The Morgan fingerprint density at radius 1 is 1.08 bits per heavy atom. The van der Waals surface area contributed by atoms with Crippen LogP contribution >= 0.6 is 11.3 Å². The van der Waals surface area contributed by atoms with Gasteiger partial charge < -0.3 is 0 Å². The molecule has 2 heterocycles. The molecule has 124 valence electrons. The van der Waals surface area contributed by atoms with Gasteiger partial charge in [0.15, 0.2) is 0 Å². The van der Waals surface area contributed by atoms with Crippen LogP contribution in [0.3, 0.4) is 0 Å². The summed E-state index contributed by atoms with van der Waals surface area (Å²) >= 11 is 1.26. The summed E-state index contributed by atoms with van der Waals surface area (Å²) in [7, 11) is 0. The van der Waals surface area contributed by atoms with E-state index in [9.17, 15) is 13.6 Å². The fourth-order valence-electron chi connectivity index (χ4n) is 2.73. The average Bonchev–Trinajstić information content (AvgIpc) is 3.04. The van der Waals surface area contributed by atoms with E-state index >= 15 is 0 Å². The molecular formula is C19H12F2N2OS. The standard InChI is InChI=1S/C19H12F2N2OS/c20-14-6-3-5-12(8-14)15-10-25-18-17(15)22-11-23(19(18)24)9-13-4-1-2-7-16(13)21/h1-8,10-11H,9H2. The molecule has 0 atom stereocenters. The zero-order valence-electron chi connectivity index (χ0n) is 12.9. The number of fused-ring (bicyclic) bond motifs is 1. The molecular weight excluding hydrogens is 342 g/mol.